The Morgan fingerprint density at radius 1 is 0.421 bits per heavy atom. The molecule has 0 saturated carbocycles. The van der Waals surface area contributed by atoms with Gasteiger partial charge in [-0.2, -0.15) is 48.1 Å². The Morgan fingerprint density at radius 2 is 0.841 bits per heavy atom. The highest BCUT2D eigenvalue weighted by atomic mass is 16.5. The average molecular weight is 1980 g/mol. The van der Waals surface area contributed by atoms with Gasteiger partial charge in [-0.15, -0.1) is 0 Å². The molecule has 5 amide bonds. The summed E-state index contributed by atoms with van der Waals surface area (Å²) in [5.41, 5.74) is 13.8. The zero-order valence-electron chi connectivity index (χ0n) is 81.6. The first-order valence-electron chi connectivity index (χ1n) is 46.0. The summed E-state index contributed by atoms with van der Waals surface area (Å²) < 4.78 is 54.4. The molecule has 0 radical (unpaired) electrons. The Bertz CT molecular complexity index is 7150. The van der Waals surface area contributed by atoms with Gasteiger partial charge in [0, 0.05) is 134 Å². The number of aliphatic imine (C=N–C) groups is 1. The number of methoxy groups -OCH3 is 3. The van der Waals surface area contributed by atoms with E-state index in [0.717, 1.165) is 28.1 Å². The van der Waals surface area contributed by atoms with E-state index >= 15 is 0 Å². The topological polar surface area (TPSA) is 567 Å². The Balaban J connectivity index is 0.000000124. The molecular weight excluding hydrogens is 1870 g/mol. The standard InChI is InChI=1S/C22H22N8O3.C19H22N6O3.C18H22N8O2.2C18H21N7O3/c1-13-11-33-12-14-7-16(22(32)29(10-14)18-5-3-4-6-24-18)27-17-8-19(23-2)30-20(28-17)15(9-25-30)21(31)26-13;1-11-9-28-10-12-4-5-15(27-3)14(6-12)23-16-7-17(20-2)25-18(24-16)13(8-21-25)19(26)22-11;1-10-5-6-28-16-7-13(11(2)25(4)24-16)22-14-8-15(19-3)26-17(23-14)12(9-20-26)18(27)21-10;1-10-8-28-9-11-4-13(14(27-3)7-20-11)23-15-5-16(19-2)25-17(24-15)12(6-21-25)18(26)22-10;1-10-8-28-9-11-4-13(18(27-3)20-6-11)23-14-5-15(19-2)25-16(24-14)12(7-21-25)17(26)22-10/h3-10,13,23H,11-12H2,1-2H3,(H,26,31)(H,27,28);4-8,11,20H,9-10H2,1-3H3,(H,22,26)(H,23,24);7-10,19,24H,2,5-6H2,1,3-4H3,(H,21,27);2*4-7,10,19H,8-9H2,1-3H3,(H,22,26)(H,23,24)/t13-;11-;3*10-/m11111/s1. The average Bonchev–Trinajstić information content (AvgIpc) is 1.59. The molecule has 20 bridgehead atoms. The van der Waals surface area contributed by atoms with Crippen LogP contribution in [0.3, 0.4) is 0 Å². The first-order valence-corrected chi connectivity index (χ1v) is 46.0. The molecule has 145 heavy (non-hydrogen) atoms. The van der Waals surface area contributed by atoms with Crippen molar-refractivity contribution in [1.29, 1.82) is 0 Å². The number of aromatic nitrogens is 19. The van der Waals surface area contributed by atoms with E-state index in [0.29, 0.717) is 224 Å². The molecule has 15 N–H and O–H groups in total. The van der Waals surface area contributed by atoms with Crippen molar-refractivity contribution < 1.29 is 61.9 Å². The number of nitrogens with one attached hydrogen (secondary N) is 15. The molecule has 752 valence electrons. The lowest BCUT2D eigenvalue weighted by atomic mass is 10.2. The van der Waals surface area contributed by atoms with Crippen molar-refractivity contribution in [2.75, 3.05) is 145 Å². The van der Waals surface area contributed by atoms with Crippen molar-refractivity contribution in [3.8, 4) is 23.2 Å². The predicted molar refractivity (Wildman–Crippen MR) is 539 cm³/mol. The molecule has 20 heterocycles. The van der Waals surface area contributed by atoms with Crippen LogP contribution in [0.5, 0.6) is 17.4 Å². The van der Waals surface area contributed by atoms with Crippen molar-refractivity contribution >= 4 is 144 Å². The lowest BCUT2D eigenvalue weighted by molar-refractivity contribution is 0.0811. The van der Waals surface area contributed by atoms with Gasteiger partial charge in [0.2, 0.25) is 11.8 Å². The predicted octanol–water partition coefficient (Wildman–Crippen LogP) is 8.20. The van der Waals surface area contributed by atoms with Gasteiger partial charge in [0.05, 0.1) is 146 Å². The van der Waals surface area contributed by atoms with Gasteiger partial charge in [0.25, 0.3) is 35.1 Å². The second-order valence-corrected chi connectivity index (χ2v) is 34.0. The van der Waals surface area contributed by atoms with Crippen molar-refractivity contribution in [2.24, 2.45) is 4.99 Å². The van der Waals surface area contributed by atoms with Gasteiger partial charge in [-0.1, -0.05) is 18.7 Å². The first kappa shape index (κ1) is 98.7. The molecule has 15 aromatic rings. The second-order valence-electron chi connectivity index (χ2n) is 34.0. The maximum atomic E-state index is 13.3. The molecule has 6 aliphatic rings. The monoisotopic (exact) mass is 1980 g/mol. The third-order valence-corrected chi connectivity index (χ3v) is 23.1. The number of carbonyl (C=O) groups excluding carboxylic acids is 5. The van der Waals surface area contributed by atoms with Crippen LogP contribution >= 0.6 is 0 Å². The van der Waals surface area contributed by atoms with Gasteiger partial charge in [0.1, 0.15) is 103 Å². The number of carbonyl (C=O) groups is 5. The molecule has 0 aliphatic carbocycles. The Kier molecular flexibility index (Phi) is 29.8. The highest BCUT2D eigenvalue weighted by Crippen LogP contribution is 2.36. The SMILES string of the molecule is C=C1C2=Nc3cc(NC)n4ncc(c4n3)C(=O)N[C@H](C)CCOC(=C2)NN1C.CNc1cc2nc3c(cnn13)C(=O)N[C@H](C)COCc1cc(c(=O)n(-c3ccccn3)c1)N2.CNc1cc2nc3c(cnn13)C(=O)N[C@H](C)COCc1cc(c(OC)cn1)N2.CNc1cc2nc3c(cnn13)C(=O)N[C@H](C)COCc1ccc(OC)c(c1)N2.CNc1cc2nc3c(cnn13)C(=O)N[C@H](C)COCc1cnc(OC)c(c1)N2. The molecule has 0 unspecified atom stereocenters. The molecule has 0 fully saturated rings. The molecule has 0 spiro atoms. The highest BCUT2D eigenvalue weighted by molar-refractivity contribution is 6.10. The van der Waals surface area contributed by atoms with E-state index in [4.69, 9.17) is 37.9 Å². The number of benzene rings is 1. The van der Waals surface area contributed by atoms with Crippen LogP contribution in [-0.4, -0.2) is 260 Å². The van der Waals surface area contributed by atoms with Crippen molar-refractivity contribution in [2.45, 2.75) is 97.7 Å². The number of anilines is 13. The molecular formula is C95H108N36O14. The number of ether oxygens (including phenoxy) is 8. The number of hydrazine groups is 1. The maximum absolute atomic E-state index is 13.3. The third-order valence-electron chi connectivity index (χ3n) is 23.1. The smallest absolute Gasteiger partial charge is 0.280 e. The Labute approximate surface area is 827 Å². The number of nitrogens with zero attached hydrogens (tertiary/aromatic N) is 21. The van der Waals surface area contributed by atoms with Gasteiger partial charge >= 0.3 is 0 Å². The van der Waals surface area contributed by atoms with E-state index < -0.39 is 0 Å². The summed E-state index contributed by atoms with van der Waals surface area (Å²) >= 11 is 0. The molecule has 5 atom stereocenters. The van der Waals surface area contributed by atoms with E-state index in [1.165, 1.54) is 40.1 Å². The number of amides is 5. The summed E-state index contributed by atoms with van der Waals surface area (Å²) in [6, 6.07) is 24.7. The number of hydrogen-bond donors (Lipinski definition) is 15. The summed E-state index contributed by atoms with van der Waals surface area (Å²) in [6.07, 6.45) is 16.6. The molecule has 1 aromatic carbocycles. The van der Waals surface area contributed by atoms with Gasteiger partial charge in [-0.25, -0.2) is 39.9 Å². The molecule has 50 nitrogen and oxygen atoms in total. The van der Waals surface area contributed by atoms with E-state index in [1.54, 1.807) is 153 Å². The van der Waals surface area contributed by atoms with Crippen molar-refractivity contribution in [3.05, 3.63) is 225 Å². The lowest BCUT2D eigenvalue weighted by Crippen LogP contribution is -2.40. The Hall–Kier alpha value is -17.9. The number of rotatable bonds is 9. The third kappa shape index (κ3) is 22.1. The molecule has 0 saturated heterocycles. The first-order chi connectivity index (χ1) is 70.2. The molecule has 50 heteroatoms. The molecule has 14 aromatic heterocycles. The fourth-order valence-electron chi connectivity index (χ4n) is 15.9. The van der Waals surface area contributed by atoms with Crippen LogP contribution in [0.1, 0.15) is 115 Å². The summed E-state index contributed by atoms with van der Waals surface area (Å²) in [6.45, 7) is 16.7. The van der Waals surface area contributed by atoms with Crippen LogP contribution in [-0.2, 0) is 50.1 Å². The molecule has 21 rings (SSSR count). The normalized spacial score (nSPS) is 17.4. The number of allylic oxidation sites excluding steroid dienone is 1. The summed E-state index contributed by atoms with van der Waals surface area (Å²) in [5.74, 6) is 7.20. The second kappa shape index (κ2) is 43.8. The van der Waals surface area contributed by atoms with Crippen molar-refractivity contribution in [1.82, 2.24) is 130 Å². The van der Waals surface area contributed by atoms with Crippen LogP contribution in [0.25, 0.3) is 34.1 Å². The van der Waals surface area contributed by atoms with Crippen LogP contribution in [0.2, 0.25) is 0 Å². The van der Waals surface area contributed by atoms with E-state index in [9.17, 15) is 28.8 Å². The Morgan fingerprint density at radius 3 is 1.30 bits per heavy atom. The number of pyridine rings is 4. The van der Waals surface area contributed by atoms with Gasteiger partial charge in [0.15, 0.2) is 39.8 Å². The van der Waals surface area contributed by atoms with Gasteiger partial charge < -0.3 is 112 Å². The summed E-state index contributed by atoms with van der Waals surface area (Å²) in [4.78, 5) is 118. The summed E-state index contributed by atoms with van der Waals surface area (Å²) in [7, 11) is 15.5. The van der Waals surface area contributed by atoms with Crippen molar-refractivity contribution in [3.63, 3.8) is 0 Å². The zero-order valence-corrected chi connectivity index (χ0v) is 81.6. The van der Waals surface area contributed by atoms with E-state index in [-0.39, 0.29) is 78.5 Å². The number of fused-ring (bicyclic) bond motifs is 14. The van der Waals surface area contributed by atoms with Crippen LogP contribution in [0.4, 0.5) is 80.9 Å². The lowest BCUT2D eigenvalue weighted by Gasteiger charge is -2.29. The van der Waals surface area contributed by atoms with Crippen LogP contribution < -0.4 is 99.6 Å². The quantitative estimate of drug-likeness (QED) is 0.0647. The van der Waals surface area contributed by atoms with Crippen LogP contribution in [0.15, 0.2) is 175 Å². The molecule has 6 aliphatic heterocycles. The fourth-order valence-corrected chi connectivity index (χ4v) is 15.9. The minimum atomic E-state index is -0.305. The van der Waals surface area contributed by atoms with Gasteiger partial charge in [-0.05, 0) is 93.8 Å². The summed E-state index contributed by atoms with van der Waals surface area (Å²) in [5, 5.41) is 66.1. The minimum absolute atomic E-state index is 0.0811. The maximum Gasteiger partial charge on any atom is 0.280 e. The van der Waals surface area contributed by atoms with Gasteiger partial charge in [-0.3, -0.25) is 48.8 Å². The van der Waals surface area contributed by atoms with E-state index in [1.807, 2.05) is 84.1 Å². The van der Waals surface area contributed by atoms with E-state index in [2.05, 4.69) is 157 Å². The fraction of sp³-hybridized carbons (Fsp3) is 0.305. The minimum Gasteiger partial charge on any atom is -0.495 e. The zero-order chi connectivity index (χ0) is 102. The van der Waals surface area contributed by atoms with Crippen LogP contribution in [0, 0.1) is 0 Å². The highest BCUT2D eigenvalue weighted by Gasteiger charge is 2.30. The number of hydrogen-bond acceptors (Lipinski definition) is 39. The largest absolute Gasteiger partial charge is 0.495 e.